The van der Waals surface area contributed by atoms with Gasteiger partial charge in [0, 0.05) is 12.2 Å². The second-order valence-corrected chi connectivity index (χ2v) is 7.18. The zero-order chi connectivity index (χ0) is 20.4. The predicted molar refractivity (Wildman–Crippen MR) is 112 cm³/mol. The monoisotopic (exact) mass is 400 g/mol. The van der Waals surface area contributed by atoms with Gasteiger partial charge in [0.25, 0.3) is 0 Å². The lowest BCUT2D eigenvalue weighted by molar-refractivity contribution is -0.118. The molecule has 0 unspecified atom stereocenters. The second kappa shape index (κ2) is 11.1. The quantitative estimate of drug-likeness (QED) is 0.633. The van der Waals surface area contributed by atoms with Gasteiger partial charge in [0.15, 0.2) is 0 Å². The van der Waals surface area contributed by atoms with Gasteiger partial charge in [-0.05, 0) is 43.2 Å². The molecule has 0 spiro atoms. The number of esters is 1. The Bertz CT molecular complexity index is 804. The van der Waals surface area contributed by atoms with Crippen molar-refractivity contribution in [1.29, 1.82) is 0 Å². The first-order chi connectivity index (χ1) is 13.5. The minimum Gasteiger partial charge on any atom is -0.465 e. The van der Waals surface area contributed by atoms with E-state index in [4.69, 9.17) is 0 Å². The number of ether oxygens (including phenoxy) is 1. The lowest BCUT2D eigenvalue weighted by Crippen LogP contribution is -2.28. The highest BCUT2D eigenvalue weighted by molar-refractivity contribution is 8.00. The maximum Gasteiger partial charge on any atom is 0.337 e. The van der Waals surface area contributed by atoms with E-state index in [1.807, 2.05) is 43.3 Å². The first kappa shape index (κ1) is 21.5. The summed E-state index contributed by atoms with van der Waals surface area (Å²) in [5.74, 6) is -0.172. The van der Waals surface area contributed by atoms with Crippen molar-refractivity contribution in [1.82, 2.24) is 5.32 Å². The Kier molecular flexibility index (Phi) is 8.55. The van der Waals surface area contributed by atoms with E-state index in [-0.39, 0.29) is 29.3 Å². The third-order valence-electron chi connectivity index (χ3n) is 3.91. The number of nitrogens with one attached hydrogen (secondary N) is 2. The molecule has 2 aromatic carbocycles. The van der Waals surface area contributed by atoms with E-state index < -0.39 is 0 Å². The standard InChI is InChI=1S/C21H24N2O4S/c1-15-3-9-18(10-4-15)23-20(25)14-28-13-19(24)22-12-11-16-5-7-17(8-6-16)21(26)27-2/h3-10H,11-14H2,1-2H3,(H,22,24)(H,23,25). The van der Waals surface area contributed by atoms with Crippen molar-refractivity contribution in [3.8, 4) is 0 Å². The summed E-state index contributed by atoms with van der Waals surface area (Å²) in [6.07, 6.45) is 0.659. The summed E-state index contributed by atoms with van der Waals surface area (Å²) < 4.78 is 4.65. The molecule has 0 aromatic heterocycles. The van der Waals surface area contributed by atoms with Crippen LogP contribution in [0.1, 0.15) is 21.5 Å². The number of hydrogen-bond acceptors (Lipinski definition) is 5. The van der Waals surface area contributed by atoms with Crippen LogP contribution in [0.5, 0.6) is 0 Å². The summed E-state index contributed by atoms with van der Waals surface area (Å²) in [7, 11) is 1.34. The van der Waals surface area contributed by atoms with Crippen LogP contribution in [-0.4, -0.2) is 42.9 Å². The van der Waals surface area contributed by atoms with Crippen molar-refractivity contribution in [3.05, 3.63) is 65.2 Å². The van der Waals surface area contributed by atoms with Crippen LogP contribution in [0, 0.1) is 6.92 Å². The van der Waals surface area contributed by atoms with E-state index in [0.717, 1.165) is 16.8 Å². The molecule has 0 atom stereocenters. The molecule has 0 aliphatic rings. The summed E-state index contributed by atoms with van der Waals surface area (Å²) in [5.41, 5.74) is 3.39. The smallest absolute Gasteiger partial charge is 0.337 e. The molecule has 2 rings (SSSR count). The van der Waals surface area contributed by atoms with Gasteiger partial charge in [0.2, 0.25) is 11.8 Å². The van der Waals surface area contributed by atoms with Crippen molar-refractivity contribution in [2.45, 2.75) is 13.3 Å². The van der Waals surface area contributed by atoms with Gasteiger partial charge in [-0.1, -0.05) is 29.8 Å². The van der Waals surface area contributed by atoms with E-state index in [0.29, 0.717) is 18.5 Å². The average Bonchev–Trinajstić information content (AvgIpc) is 2.69. The number of carbonyl (C=O) groups is 3. The summed E-state index contributed by atoms with van der Waals surface area (Å²) in [6.45, 7) is 2.48. The van der Waals surface area contributed by atoms with Crippen LogP contribution >= 0.6 is 11.8 Å². The predicted octanol–water partition coefficient (Wildman–Crippen LogP) is 2.81. The van der Waals surface area contributed by atoms with Crippen molar-refractivity contribution < 1.29 is 19.1 Å². The van der Waals surface area contributed by atoms with Crippen LogP contribution < -0.4 is 10.6 Å². The Hall–Kier alpha value is -2.80. The molecular weight excluding hydrogens is 376 g/mol. The van der Waals surface area contributed by atoms with Crippen LogP contribution in [0.25, 0.3) is 0 Å². The van der Waals surface area contributed by atoms with Gasteiger partial charge in [0.05, 0.1) is 24.2 Å². The molecule has 6 nitrogen and oxygen atoms in total. The van der Waals surface area contributed by atoms with E-state index in [1.165, 1.54) is 18.9 Å². The molecule has 2 amide bonds. The average molecular weight is 401 g/mol. The molecule has 0 bridgehead atoms. The Morgan fingerprint density at radius 3 is 2.21 bits per heavy atom. The molecular formula is C21H24N2O4S. The highest BCUT2D eigenvalue weighted by atomic mass is 32.2. The minimum atomic E-state index is -0.372. The fraction of sp³-hybridized carbons (Fsp3) is 0.286. The molecule has 0 saturated carbocycles. The first-order valence-electron chi connectivity index (χ1n) is 8.86. The Labute approximate surface area is 169 Å². The van der Waals surface area contributed by atoms with Crippen molar-refractivity contribution in [2.24, 2.45) is 0 Å². The molecule has 0 heterocycles. The summed E-state index contributed by atoms with van der Waals surface area (Å²) in [5, 5.41) is 5.63. The van der Waals surface area contributed by atoms with Gasteiger partial charge < -0.3 is 15.4 Å². The highest BCUT2D eigenvalue weighted by Gasteiger charge is 2.07. The lowest BCUT2D eigenvalue weighted by Gasteiger charge is -2.07. The maximum atomic E-state index is 11.9. The van der Waals surface area contributed by atoms with Gasteiger partial charge >= 0.3 is 5.97 Å². The normalized spacial score (nSPS) is 10.2. The van der Waals surface area contributed by atoms with Crippen LogP contribution in [0.2, 0.25) is 0 Å². The number of hydrogen-bond donors (Lipinski definition) is 2. The molecule has 0 radical (unpaired) electrons. The number of benzene rings is 2. The molecule has 0 saturated heterocycles. The number of anilines is 1. The number of thioether (sulfide) groups is 1. The zero-order valence-corrected chi connectivity index (χ0v) is 16.8. The van der Waals surface area contributed by atoms with Crippen molar-refractivity contribution >= 4 is 35.2 Å². The van der Waals surface area contributed by atoms with Gasteiger partial charge in [-0.3, -0.25) is 9.59 Å². The van der Waals surface area contributed by atoms with E-state index in [9.17, 15) is 14.4 Å². The molecule has 0 aliphatic heterocycles. The topological polar surface area (TPSA) is 84.5 Å². The number of rotatable bonds is 9. The van der Waals surface area contributed by atoms with E-state index in [2.05, 4.69) is 15.4 Å². The minimum absolute atomic E-state index is 0.112. The summed E-state index contributed by atoms with van der Waals surface area (Å²) >= 11 is 1.27. The molecule has 7 heteroatoms. The Morgan fingerprint density at radius 1 is 0.929 bits per heavy atom. The van der Waals surface area contributed by atoms with E-state index >= 15 is 0 Å². The maximum absolute atomic E-state index is 11.9. The fourth-order valence-electron chi connectivity index (χ4n) is 2.39. The second-order valence-electron chi connectivity index (χ2n) is 6.20. The van der Waals surface area contributed by atoms with E-state index in [1.54, 1.807) is 12.1 Å². The molecule has 2 aromatic rings. The number of amides is 2. The number of methoxy groups -OCH3 is 1. The molecule has 28 heavy (non-hydrogen) atoms. The molecule has 2 N–H and O–H groups in total. The first-order valence-corrected chi connectivity index (χ1v) is 10.0. The van der Waals surface area contributed by atoms with Crippen LogP contribution in [0.4, 0.5) is 5.69 Å². The largest absolute Gasteiger partial charge is 0.465 e. The fourth-order valence-corrected chi connectivity index (χ4v) is 3.04. The SMILES string of the molecule is COC(=O)c1ccc(CCNC(=O)CSCC(=O)Nc2ccc(C)cc2)cc1. The number of aryl methyl sites for hydroxylation is 1. The molecule has 148 valence electrons. The van der Waals surface area contributed by atoms with Crippen LogP contribution in [0.3, 0.4) is 0 Å². The zero-order valence-electron chi connectivity index (χ0n) is 16.0. The van der Waals surface area contributed by atoms with Crippen molar-refractivity contribution in [2.75, 3.05) is 30.5 Å². The van der Waals surface area contributed by atoms with Gasteiger partial charge in [-0.2, -0.15) is 0 Å². The van der Waals surface area contributed by atoms with Gasteiger partial charge in [-0.15, -0.1) is 11.8 Å². The van der Waals surface area contributed by atoms with Crippen molar-refractivity contribution in [3.63, 3.8) is 0 Å². The molecule has 0 aliphatic carbocycles. The number of carbonyl (C=O) groups excluding carboxylic acids is 3. The van der Waals surface area contributed by atoms with Gasteiger partial charge in [-0.25, -0.2) is 4.79 Å². The van der Waals surface area contributed by atoms with Gasteiger partial charge in [0.1, 0.15) is 0 Å². The summed E-state index contributed by atoms with van der Waals surface area (Å²) in [4.78, 5) is 35.1. The Balaban J connectivity index is 1.61. The Morgan fingerprint density at radius 2 is 1.57 bits per heavy atom. The molecule has 0 fully saturated rings. The van der Waals surface area contributed by atoms with Crippen LogP contribution in [-0.2, 0) is 20.7 Å². The lowest BCUT2D eigenvalue weighted by atomic mass is 10.1. The van der Waals surface area contributed by atoms with Crippen LogP contribution in [0.15, 0.2) is 48.5 Å². The third-order valence-corrected chi connectivity index (χ3v) is 4.85. The third kappa shape index (κ3) is 7.44. The highest BCUT2D eigenvalue weighted by Crippen LogP contribution is 2.10. The summed E-state index contributed by atoms with van der Waals surface area (Å²) in [6, 6.07) is 14.6.